The first-order valence-electron chi connectivity index (χ1n) is 9.47. The number of rotatable bonds is 7. The molecular weight excluding hydrogens is 414 g/mol. The number of fused-ring (bicyclic) bond motifs is 1. The topological polar surface area (TPSA) is 232 Å². The van der Waals surface area contributed by atoms with Crippen molar-refractivity contribution in [2.24, 2.45) is 11.5 Å². The van der Waals surface area contributed by atoms with E-state index < -0.39 is 54.1 Å². The van der Waals surface area contributed by atoms with Crippen molar-refractivity contribution in [3.8, 4) is 0 Å². The van der Waals surface area contributed by atoms with Gasteiger partial charge in [0.2, 0.25) is 5.91 Å². The third kappa shape index (κ3) is 3.24. The van der Waals surface area contributed by atoms with Crippen LogP contribution in [-0.4, -0.2) is 88.3 Å². The summed E-state index contributed by atoms with van der Waals surface area (Å²) in [5, 5.41) is 43.3. The zero-order valence-corrected chi connectivity index (χ0v) is 16.8. The second kappa shape index (κ2) is 8.07. The predicted molar refractivity (Wildman–Crippen MR) is 104 cm³/mol. The van der Waals surface area contributed by atoms with E-state index in [2.05, 4.69) is 20.3 Å². The zero-order chi connectivity index (χ0) is 23.1. The van der Waals surface area contributed by atoms with Gasteiger partial charge in [0.1, 0.15) is 30.9 Å². The highest BCUT2D eigenvalue weighted by atomic mass is 16.6. The molecule has 3 rings (SSSR count). The third-order valence-electron chi connectivity index (χ3n) is 5.54. The van der Waals surface area contributed by atoms with Crippen molar-refractivity contribution in [3.63, 3.8) is 0 Å². The number of amides is 2. The zero-order valence-electron chi connectivity index (χ0n) is 16.8. The first-order valence-corrected chi connectivity index (χ1v) is 9.47. The van der Waals surface area contributed by atoms with Gasteiger partial charge in [-0.15, -0.1) is 0 Å². The number of primary amides is 1. The summed E-state index contributed by atoms with van der Waals surface area (Å²) < 4.78 is 6.65. The summed E-state index contributed by atoms with van der Waals surface area (Å²) in [6.45, 7) is 2.15. The monoisotopic (exact) mass is 439 g/mol. The van der Waals surface area contributed by atoms with Gasteiger partial charge >= 0.3 is 0 Å². The highest BCUT2D eigenvalue weighted by molar-refractivity contribution is 6.00. The molecule has 14 nitrogen and oxygen atoms in total. The van der Waals surface area contributed by atoms with E-state index in [4.69, 9.17) is 16.2 Å². The number of imidazole rings is 1. The number of anilines is 1. The van der Waals surface area contributed by atoms with Gasteiger partial charge in [0, 0.05) is 0 Å². The van der Waals surface area contributed by atoms with E-state index in [-0.39, 0.29) is 23.4 Å². The van der Waals surface area contributed by atoms with Crippen molar-refractivity contribution < 1.29 is 34.8 Å². The largest absolute Gasteiger partial charge is 0.394 e. The smallest absolute Gasteiger partial charge is 0.274 e. The van der Waals surface area contributed by atoms with Crippen molar-refractivity contribution in [2.75, 3.05) is 11.9 Å². The van der Waals surface area contributed by atoms with Crippen molar-refractivity contribution in [1.29, 1.82) is 0 Å². The molecule has 3 heterocycles. The molecule has 2 aromatic heterocycles. The van der Waals surface area contributed by atoms with Gasteiger partial charge in [-0.1, -0.05) is 6.92 Å². The van der Waals surface area contributed by atoms with Crippen LogP contribution in [0, 0.1) is 0 Å². The maximum Gasteiger partial charge on any atom is 0.274 e. The molecule has 31 heavy (non-hydrogen) atoms. The Morgan fingerprint density at radius 3 is 2.61 bits per heavy atom. The molecule has 0 spiro atoms. The molecular formula is C17H25N7O7. The van der Waals surface area contributed by atoms with E-state index in [1.807, 2.05) is 0 Å². The first kappa shape index (κ1) is 22.9. The van der Waals surface area contributed by atoms with Crippen LogP contribution < -0.4 is 16.8 Å². The minimum atomic E-state index is -2.37. The van der Waals surface area contributed by atoms with Crippen LogP contribution in [0.5, 0.6) is 0 Å². The Morgan fingerprint density at radius 2 is 2.06 bits per heavy atom. The molecule has 170 valence electrons. The highest BCUT2D eigenvalue weighted by Gasteiger charge is 2.69. The molecule has 2 aromatic rings. The number of carbonyl (C=O) groups excluding carboxylic acids is 2. The summed E-state index contributed by atoms with van der Waals surface area (Å²) >= 11 is 0. The van der Waals surface area contributed by atoms with Crippen LogP contribution in [0.3, 0.4) is 0 Å². The maximum atomic E-state index is 12.6. The number of hydrogen-bond acceptors (Lipinski definition) is 11. The molecule has 1 fully saturated rings. The van der Waals surface area contributed by atoms with Crippen molar-refractivity contribution >= 4 is 28.8 Å². The molecule has 0 aliphatic carbocycles. The van der Waals surface area contributed by atoms with E-state index in [9.17, 15) is 30.0 Å². The predicted octanol–water partition coefficient (Wildman–Crippen LogP) is -3.50. The van der Waals surface area contributed by atoms with Crippen LogP contribution in [0.4, 0.5) is 5.82 Å². The molecule has 6 atom stereocenters. The van der Waals surface area contributed by atoms with Gasteiger partial charge in [-0.3, -0.25) is 14.2 Å². The number of aliphatic hydroxyl groups excluding tert-OH is 3. The highest BCUT2D eigenvalue weighted by Crippen LogP contribution is 2.46. The number of hydrogen-bond donors (Lipinski definition) is 7. The fourth-order valence-electron chi connectivity index (χ4n) is 3.71. The van der Waals surface area contributed by atoms with Crippen LogP contribution >= 0.6 is 0 Å². The van der Waals surface area contributed by atoms with Gasteiger partial charge in [0.25, 0.3) is 11.6 Å². The molecule has 2 amide bonds. The summed E-state index contributed by atoms with van der Waals surface area (Å²) in [5.74, 6) is -1.99. The number of aliphatic hydroxyl groups is 4. The van der Waals surface area contributed by atoms with E-state index in [1.165, 1.54) is 13.8 Å². The quantitative estimate of drug-likeness (QED) is 0.224. The van der Waals surface area contributed by atoms with Gasteiger partial charge < -0.3 is 41.9 Å². The molecule has 0 saturated carbocycles. The summed E-state index contributed by atoms with van der Waals surface area (Å²) in [7, 11) is 0. The number of nitrogens with zero attached hydrogens (tertiary/aromatic N) is 4. The molecule has 0 bridgehead atoms. The van der Waals surface area contributed by atoms with E-state index in [1.54, 1.807) is 0 Å². The van der Waals surface area contributed by atoms with Crippen molar-refractivity contribution in [1.82, 2.24) is 19.5 Å². The number of ether oxygens (including phenoxy) is 1. The Kier molecular flexibility index (Phi) is 5.96. The molecule has 0 unspecified atom stereocenters. The molecule has 1 saturated heterocycles. The van der Waals surface area contributed by atoms with Gasteiger partial charge in [-0.25, -0.2) is 15.0 Å². The van der Waals surface area contributed by atoms with Crippen molar-refractivity contribution in [2.45, 2.75) is 55.9 Å². The molecule has 0 radical (unpaired) electrons. The van der Waals surface area contributed by atoms with Crippen LogP contribution in [0.1, 0.15) is 20.3 Å². The molecule has 14 heteroatoms. The lowest BCUT2D eigenvalue weighted by Crippen LogP contribution is -2.63. The Morgan fingerprint density at radius 1 is 1.39 bits per heavy atom. The number of carbonyl (C=O) groups is 2. The van der Waals surface area contributed by atoms with E-state index in [0.717, 1.165) is 17.2 Å². The first-order chi connectivity index (χ1) is 14.5. The summed E-state index contributed by atoms with van der Waals surface area (Å²) in [5.41, 5.74) is 6.57. The fraction of sp³-hybridized carbons (Fsp3) is 0.588. The van der Waals surface area contributed by atoms with E-state index >= 15 is 0 Å². The molecule has 0 aromatic carbocycles. The average molecular weight is 439 g/mol. The van der Waals surface area contributed by atoms with Crippen molar-refractivity contribution in [3.05, 3.63) is 12.7 Å². The number of nitrogens with two attached hydrogens (primary N) is 2. The maximum absolute atomic E-state index is 12.6. The standard InChI is InChI=1S/C17H25N7O7/c1-3-16(30)11(27)8(4-25)31-17(16,15(19)29)24-6-22-10-12(20-5-21-13(10)24)23-14(28)9(18)7(2)26/h5-9,11,25-27,30H,3-4,18H2,1-2H3,(H2,19,29)(H,20,21,23,28)/t7-,8-,9+,11-,16-,17-/m1/s1. The SMILES string of the molecule is CC[C@@]1(O)[C@H](O)[C@@H](CO)O[C@@]1(C(N)=O)n1cnc2c(NC(=O)[C@@H](N)[C@@H](C)O)ncnc21. The van der Waals surface area contributed by atoms with Gasteiger partial charge in [0.05, 0.1) is 12.7 Å². The van der Waals surface area contributed by atoms with E-state index in [0.29, 0.717) is 0 Å². The second-order valence-electron chi connectivity index (χ2n) is 7.33. The Hall–Kier alpha value is -2.75. The van der Waals surface area contributed by atoms with Crippen LogP contribution in [-0.2, 0) is 20.1 Å². The Bertz CT molecular complexity index is 998. The molecule has 1 aliphatic rings. The van der Waals surface area contributed by atoms with Crippen LogP contribution in [0.15, 0.2) is 12.7 Å². The normalized spacial score (nSPS) is 30.3. The second-order valence-corrected chi connectivity index (χ2v) is 7.33. The van der Waals surface area contributed by atoms with Crippen LogP contribution in [0.25, 0.3) is 11.2 Å². The fourth-order valence-corrected chi connectivity index (χ4v) is 3.71. The summed E-state index contributed by atoms with van der Waals surface area (Å²) in [6, 6.07) is -1.24. The minimum absolute atomic E-state index is 0.00161. The summed E-state index contributed by atoms with van der Waals surface area (Å²) in [6.07, 6.45) is -2.14. The summed E-state index contributed by atoms with van der Waals surface area (Å²) in [4.78, 5) is 36.9. The average Bonchev–Trinajstić information content (AvgIpc) is 3.26. The third-order valence-corrected chi connectivity index (χ3v) is 5.54. The lowest BCUT2D eigenvalue weighted by molar-refractivity contribution is -0.199. The Balaban J connectivity index is 2.16. The Labute approximate surface area is 175 Å². The van der Waals surface area contributed by atoms with Gasteiger partial charge in [-0.05, 0) is 13.3 Å². The molecule has 1 aliphatic heterocycles. The molecule has 9 N–H and O–H groups in total. The van der Waals surface area contributed by atoms with Gasteiger partial charge in [-0.2, -0.15) is 0 Å². The van der Waals surface area contributed by atoms with Gasteiger partial charge in [0.15, 0.2) is 22.6 Å². The van der Waals surface area contributed by atoms with Crippen LogP contribution in [0.2, 0.25) is 0 Å². The minimum Gasteiger partial charge on any atom is -0.394 e. The number of aromatic nitrogens is 4. The lowest BCUT2D eigenvalue weighted by atomic mass is 9.82. The number of nitrogens with one attached hydrogen (secondary N) is 1. The lowest BCUT2D eigenvalue weighted by Gasteiger charge is -2.39.